The van der Waals surface area contributed by atoms with Crippen LogP contribution >= 0.6 is 0 Å². The number of nitrogens with one attached hydrogen (secondary N) is 1. The minimum atomic E-state index is 0.108. The molecule has 4 aliphatic rings. The molecule has 0 atom stereocenters. The lowest BCUT2D eigenvalue weighted by atomic mass is 9.53. The first kappa shape index (κ1) is 16.1. The van der Waals surface area contributed by atoms with Gasteiger partial charge in [-0.05, 0) is 63.7 Å². The van der Waals surface area contributed by atoms with Gasteiger partial charge in [0.2, 0.25) is 11.8 Å². The molecule has 1 aromatic heterocycles. The predicted octanol–water partition coefficient (Wildman–Crippen LogP) is 3.67. The summed E-state index contributed by atoms with van der Waals surface area (Å²) in [5.74, 6) is 2.16. The van der Waals surface area contributed by atoms with E-state index in [4.69, 9.17) is 4.52 Å². The summed E-state index contributed by atoms with van der Waals surface area (Å²) in [7, 11) is 0. The van der Waals surface area contributed by atoms with E-state index < -0.39 is 0 Å². The number of rotatable bonds is 4. The standard InChI is InChI=1S/C19H29N3O2/c1-14-21-17(24-22-14)19-10-7-18(8-11-19,9-12-19)13-20-16(23)15-5-3-2-4-6-15/h15H,2-13H2,1H3,(H,20,23). The Balaban J connectivity index is 1.35. The van der Waals surface area contributed by atoms with Gasteiger partial charge in [0.05, 0.1) is 0 Å². The third-order valence-electron chi connectivity index (χ3n) is 7.00. The number of hydrogen-bond acceptors (Lipinski definition) is 4. The molecule has 4 fully saturated rings. The summed E-state index contributed by atoms with van der Waals surface area (Å²) < 4.78 is 5.50. The monoisotopic (exact) mass is 331 g/mol. The van der Waals surface area contributed by atoms with Crippen molar-refractivity contribution in [2.75, 3.05) is 6.54 Å². The molecule has 0 saturated heterocycles. The maximum Gasteiger partial charge on any atom is 0.232 e. The van der Waals surface area contributed by atoms with Gasteiger partial charge in [-0.25, -0.2) is 0 Å². The molecule has 1 heterocycles. The van der Waals surface area contributed by atoms with Gasteiger partial charge in [0.15, 0.2) is 5.82 Å². The number of aryl methyl sites for hydroxylation is 1. The first-order valence-electron chi connectivity index (χ1n) is 9.70. The maximum atomic E-state index is 12.5. The van der Waals surface area contributed by atoms with Gasteiger partial charge < -0.3 is 9.84 Å². The van der Waals surface area contributed by atoms with Crippen molar-refractivity contribution >= 4 is 5.91 Å². The van der Waals surface area contributed by atoms with Crippen molar-refractivity contribution in [2.24, 2.45) is 11.3 Å². The van der Waals surface area contributed by atoms with Crippen molar-refractivity contribution in [3.8, 4) is 0 Å². The van der Waals surface area contributed by atoms with Crippen LogP contribution in [0.15, 0.2) is 4.52 Å². The lowest BCUT2D eigenvalue weighted by Gasteiger charge is -2.52. The molecule has 2 bridgehead atoms. The zero-order valence-corrected chi connectivity index (χ0v) is 14.8. The van der Waals surface area contributed by atoms with Crippen LogP contribution in [0.1, 0.15) is 82.3 Å². The van der Waals surface area contributed by atoms with Gasteiger partial charge in [0, 0.05) is 17.9 Å². The molecule has 0 spiro atoms. The molecule has 4 aliphatic carbocycles. The summed E-state index contributed by atoms with van der Waals surface area (Å²) >= 11 is 0. The van der Waals surface area contributed by atoms with E-state index in [0.29, 0.717) is 11.3 Å². The van der Waals surface area contributed by atoms with Crippen molar-refractivity contribution in [1.29, 1.82) is 0 Å². The van der Waals surface area contributed by atoms with Gasteiger partial charge >= 0.3 is 0 Å². The van der Waals surface area contributed by atoms with Crippen molar-refractivity contribution < 1.29 is 9.32 Å². The molecule has 0 radical (unpaired) electrons. The van der Waals surface area contributed by atoms with Crippen LogP contribution in [0.4, 0.5) is 0 Å². The van der Waals surface area contributed by atoms with E-state index in [-0.39, 0.29) is 11.3 Å². The lowest BCUT2D eigenvalue weighted by Crippen LogP contribution is -2.50. The molecular formula is C19H29N3O2. The molecule has 5 nitrogen and oxygen atoms in total. The van der Waals surface area contributed by atoms with Crippen LogP contribution < -0.4 is 5.32 Å². The molecule has 5 heteroatoms. The first-order chi connectivity index (χ1) is 11.6. The molecule has 5 rings (SSSR count). The Morgan fingerprint density at radius 2 is 1.79 bits per heavy atom. The molecule has 0 aromatic carbocycles. The number of carbonyl (C=O) groups excluding carboxylic acids is 1. The minimum Gasteiger partial charge on any atom is -0.355 e. The second-order valence-electron chi connectivity index (χ2n) is 8.48. The zero-order chi connectivity index (χ0) is 16.6. The van der Waals surface area contributed by atoms with Crippen molar-refractivity contribution in [2.45, 2.75) is 83.0 Å². The van der Waals surface area contributed by atoms with E-state index in [9.17, 15) is 4.79 Å². The SMILES string of the molecule is Cc1noc(C23CCC(CNC(=O)C4CCCCC4)(CC2)CC3)n1. The summed E-state index contributed by atoms with van der Waals surface area (Å²) in [6, 6.07) is 0. The highest BCUT2D eigenvalue weighted by Crippen LogP contribution is 2.57. The van der Waals surface area contributed by atoms with Crippen LogP contribution in [-0.2, 0) is 10.2 Å². The van der Waals surface area contributed by atoms with Crippen LogP contribution in [0.2, 0.25) is 0 Å². The van der Waals surface area contributed by atoms with E-state index in [2.05, 4.69) is 15.5 Å². The molecule has 1 aromatic rings. The first-order valence-corrected chi connectivity index (χ1v) is 9.70. The van der Waals surface area contributed by atoms with Gasteiger partial charge in [-0.2, -0.15) is 4.98 Å². The van der Waals surface area contributed by atoms with E-state index in [1.807, 2.05) is 6.92 Å². The third-order valence-corrected chi connectivity index (χ3v) is 7.00. The molecule has 1 amide bonds. The predicted molar refractivity (Wildman–Crippen MR) is 90.4 cm³/mol. The van der Waals surface area contributed by atoms with E-state index in [0.717, 1.165) is 50.4 Å². The van der Waals surface area contributed by atoms with Gasteiger partial charge in [0.25, 0.3) is 0 Å². The fourth-order valence-electron chi connectivity index (χ4n) is 5.15. The van der Waals surface area contributed by atoms with Gasteiger partial charge in [-0.1, -0.05) is 24.4 Å². The average molecular weight is 331 g/mol. The Labute approximate surface area is 144 Å². The van der Waals surface area contributed by atoms with Crippen molar-refractivity contribution in [3.05, 3.63) is 11.7 Å². The highest BCUT2D eigenvalue weighted by molar-refractivity contribution is 5.78. The molecule has 0 unspecified atom stereocenters. The molecule has 1 N–H and O–H groups in total. The van der Waals surface area contributed by atoms with Gasteiger partial charge in [-0.15, -0.1) is 0 Å². The van der Waals surface area contributed by atoms with Crippen LogP contribution in [0.3, 0.4) is 0 Å². The number of fused-ring (bicyclic) bond motifs is 3. The van der Waals surface area contributed by atoms with Crippen LogP contribution in [0, 0.1) is 18.3 Å². The highest BCUT2D eigenvalue weighted by Gasteiger charge is 2.52. The molecule has 4 saturated carbocycles. The highest BCUT2D eigenvalue weighted by atomic mass is 16.5. The summed E-state index contributed by atoms with van der Waals surface area (Å²) in [6.45, 7) is 2.75. The Hall–Kier alpha value is -1.39. The maximum absolute atomic E-state index is 12.5. The number of amides is 1. The van der Waals surface area contributed by atoms with Crippen LogP contribution in [-0.4, -0.2) is 22.6 Å². The third kappa shape index (κ3) is 2.86. The van der Waals surface area contributed by atoms with E-state index >= 15 is 0 Å². The number of hydrogen-bond donors (Lipinski definition) is 1. The topological polar surface area (TPSA) is 68.0 Å². The van der Waals surface area contributed by atoms with Gasteiger partial charge in [-0.3, -0.25) is 4.79 Å². The normalized spacial score (nSPS) is 33.5. The zero-order valence-electron chi connectivity index (χ0n) is 14.8. The molecule has 24 heavy (non-hydrogen) atoms. The molecular weight excluding hydrogens is 302 g/mol. The van der Waals surface area contributed by atoms with E-state index in [1.165, 1.54) is 38.5 Å². The van der Waals surface area contributed by atoms with Gasteiger partial charge in [0.1, 0.15) is 0 Å². The fourth-order valence-corrected chi connectivity index (χ4v) is 5.15. The smallest absolute Gasteiger partial charge is 0.232 e. The van der Waals surface area contributed by atoms with Crippen molar-refractivity contribution in [3.63, 3.8) is 0 Å². The number of nitrogens with zero attached hydrogens (tertiary/aromatic N) is 2. The average Bonchev–Trinajstić information content (AvgIpc) is 3.09. The molecule has 132 valence electrons. The molecule has 0 aliphatic heterocycles. The Bertz CT molecular complexity index is 579. The Morgan fingerprint density at radius 3 is 2.38 bits per heavy atom. The summed E-state index contributed by atoms with van der Waals surface area (Å²) in [5.41, 5.74) is 0.414. The minimum absolute atomic E-state index is 0.108. The van der Waals surface area contributed by atoms with Crippen molar-refractivity contribution in [1.82, 2.24) is 15.5 Å². The fraction of sp³-hybridized carbons (Fsp3) is 0.842. The second kappa shape index (κ2) is 6.16. The summed E-state index contributed by atoms with van der Waals surface area (Å²) in [6.07, 6.45) is 12.8. The lowest BCUT2D eigenvalue weighted by molar-refractivity contribution is -0.127. The summed E-state index contributed by atoms with van der Waals surface area (Å²) in [4.78, 5) is 17.0. The van der Waals surface area contributed by atoms with Crippen LogP contribution in [0.25, 0.3) is 0 Å². The second-order valence-corrected chi connectivity index (χ2v) is 8.48. The Kier molecular flexibility index (Phi) is 4.13. The number of aromatic nitrogens is 2. The largest absolute Gasteiger partial charge is 0.355 e. The summed E-state index contributed by atoms with van der Waals surface area (Å²) in [5, 5.41) is 7.29. The quantitative estimate of drug-likeness (QED) is 0.914. The van der Waals surface area contributed by atoms with E-state index in [1.54, 1.807) is 0 Å². The number of carbonyl (C=O) groups is 1. The van der Waals surface area contributed by atoms with Crippen LogP contribution in [0.5, 0.6) is 0 Å². The Morgan fingerprint density at radius 1 is 1.12 bits per heavy atom.